The van der Waals surface area contributed by atoms with Gasteiger partial charge in [0.1, 0.15) is 11.5 Å². The lowest BCUT2D eigenvalue weighted by Gasteiger charge is -2.34. The predicted molar refractivity (Wildman–Crippen MR) is 96.7 cm³/mol. The maximum atomic E-state index is 12.5. The molecule has 1 fully saturated rings. The molecule has 0 radical (unpaired) electrons. The molecule has 1 aliphatic heterocycles. The molecule has 4 nitrogen and oxygen atoms in total. The lowest BCUT2D eigenvalue weighted by atomic mass is 9.92. The summed E-state index contributed by atoms with van der Waals surface area (Å²) in [5.41, 5.74) is 1.81. The van der Waals surface area contributed by atoms with Gasteiger partial charge in [0.05, 0.1) is 7.11 Å². The molecule has 0 aliphatic carbocycles. The van der Waals surface area contributed by atoms with E-state index in [0.29, 0.717) is 17.9 Å². The Balaban J connectivity index is 1.73. The highest BCUT2D eigenvalue weighted by Crippen LogP contribution is 2.29. The Labute approximate surface area is 156 Å². The van der Waals surface area contributed by atoms with Crippen LogP contribution in [-0.2, 0) is 6.54 Å². The summed E-state index contributed by atoms with van der Waals surface area (Å²) in [6, 6.07) is 14.6. The molecule has 146 valence electrons. The van der Waals surface area contributed by atoms with E-state index in [4.69, 9.17) is 4.74 Å². The van der Waals surface area contributed by atoms with Crippen molar-refractivity contribution in [3.8, 4) is 11.5 Å². The molecule has 1 heterocycles. The first kappa shape index (κ1) is 19.5. The maximum absolute atomic E-state index is 12.5. The molecule has 3 rings (SSSR count). The fourth-order valence-corrected chi connectivity index (χ4v) is 3.45. The number of halogens is 3. The van der Waals surface area contributed by atoms with Crippen molar-refractivity contribution in [3.63, 3.8) is 0 Å². The number of hydrogen-bond acceptors (Lipinski definition) is 4. The third-order valence-corrected chi connectivity index (χ3v) is 4.66. The van der Waals surface area contributed by atoms with E-state index in [-0.39, 0.29) is 17.8 Å². The molecular formula is C20H23F3N2O2. The lowest BCUT2D eigenvalue weighted by Crippen LogP contribution is -2.45. The highest BCUT2D eigenvalue weighted by molar-refractivity contribution is 5.40. The van der Waals surface area contributed by atoms with E-state index in [2.05, 4.69) is 27.5 Å². The van der Waals surface area contributed by atoms with Gasteiger partial charge in [0.25, 0.3) is 0 Å². The first-order valence-electron chi connectivity index (χ1n) is 8.90. The van der Waals surface area contributed by atoms with Gasteiger partial charge in [-0.3, -0.25) is 0 Å². The minimum atomic E-state index is -4.72. The molecule has 0 spiro atoms. The molecule has 1 saturated heterocycles. The van der Waals surface area contributed by atoms with Gasteiger partial charge in [0.15, 0.2) is 0 Å². The average Bonchev–Trinajstić information content (AvgIpc) is 2.66. The zero-order valence-corrected chi connectivity index (χ0v) is 15.1. The Kier molecular flexibility index (Phi) is 6.23. The van der Waals surface area contributed by atoms with Gasteiger partial charge in [0.2, 0.25) is 0 Å². The molecule has 2 atom stereocenters. The SMILES string of the molecule is COc1ccc(OC(F)(F)F)cc1CNC1CCCNC1c1ccccc1. The van der Waals surface area contributed by atoms with Gasteiger partial charge in [-0.05, 0) is 43.1 Å². The number of rotatable bonds is 6. The van der Waals surface area contributed by atoms with Crippen LogP contribution in [0.1, 0.15) is 30.0 Å². The van der Waals surface area contributed by atoms with Crippen molar-refractivity contribution in [1.82, 2.24) is 10.6 Å². The van der Waals surface area contributed by atoms with Gasteiger partial charge in [-0.2, -0.15) is 0 Å². The van der Waals surface area contributed by atoms with Crippen molar-refractivity contribution in [1.29, 1.82) is 0 Å². The van der Waals surface area contributed by atoms with Crippen LogP contribution in [0.2, 0.25) is 0 Å². The van der Waals surface area contributed by atoms with Crippen LogP contribution in [0, 0.1) is 0 Å². The first-order chi connectivity index (χ1) is 13.0. The summed E-state index contributed by atoms with van der Waals surface area (Å²) >= 11 is 0. The molecule has 1 aliphatic rings. The molecule has 0 saturated carbocycles. The van der Waals surface area contributed by atoms with Crippen LogP contribution in [0.4, 0.5) is 13.2 Å². The van der Waals surface area contributed by atoms with Crippen LogP contribution in [0.15, 0.2) is 48.5 Å². The third-order valence-electron chi connectivity index (χ3n) is 4.66. The van der Waals surface area contributed by atoms with Crippen molar-refractivity contribution in [3.05, 3.63) is 59.7 Å². The molecule has 2 aromatic rings. The molecule has 2 N–H and O–H groups in total. The van der Waals surface area contributed by atoms with Crippen molar-refractivity contribution >= 4 is 0 Å². The van der Waals surface area contributed by atoms with Crippen LogP contribution >= 0.6 is 0 Å². The summed E-state index contributed by atoms with van der Waals surface area (Å²) in [4.78, 5) is 0. The number of ether oxygens (including phenoxy) is 2. The molecule has 27 heavy (non-hydrogen) atoms. The Morgan fingerprint density at radius 2 is 1.93 bits per heavy atom. The van der Waals surface area contributed by atoms with Gasteiger partial charge < -0.3 is 20.1 Å². The zero-order valence-electron chi connectivity index (χ0n) is 15.1. The average molecular weight is 380 g/mol. The van der Waals surface area contributed by atoms with E-state index in [1.54, 1.807) is 0 Å². The van der Waals surface area contributed by atoms with Crippen LogP contribution in [0.5, 0.6) is 11.5 Å². The Morgan fingerprint density at radius 3 is 2.63 bits per heavy atom. The molecule has 0 aromatic heterocycles. The Bertz CT molecular complexity index is 738. The van der Waals surface area contributed by atoms with E-state index in [0.717, 1.165) is 19.4 Å². The summed E-state index contributed by atoms with van der Waals surface area (Å²) in [5.74, 6) is 0.276. The summed E-state index contributed by atoms with van der Waals surface area (Å²) in [6.45, 7) is 1.32. The van der Waals surface area contributed by atoms with Gasteiger partial charge in [-0.1, -0.05) is 30.3 Å². The summed E-state index contributed by atoms with van der Waals surface area (Å²) in [7, 11) is 1.50. The van der Waals surface area contributed by atoms with Gasteiger partial charge in [0, 0.05) is 24.2 Å². The van der Waals surface area contributed by atoms with E-state index in [1.807, 2.05) is 18.2 Å². The topological polar surface area (TPSA) is 42.5 Å². The van der Waals surface area contributed by atoms with Crippen LogP contribution in [-0.4, -0.2) is 26.1 Å². The highest BCUT2D eigenvalue weighted by Gasteiger charge is 2.31. The Hall–Kier alpha value is -2.25. The normalized spacial score (nSPS) is 20.3. The van der Waals surface area contributed by atoms with Crippen molar-refractivity contribution in [2.45, 2.75) is 37.8 Å². The molecule has 0 amide bonds. The molecule has 7 heteroatoms. The van der Waals surface area contributed by atoms with Crippen molar-refractivity contribution in [2.24, 2.45) is 0 Å². The number of nitrogens with one attached hydrogen (secondary N) is 2. The van der Waals surface area contributed by atoms with Gasteiger partial charge >= 0.3 is 6.36 Å². The van der Waals surface area contributed by atoms with E-state index >= 15 is 0 Å². The number of alkyl halides is 3. The minimum Gasteiger partial charge on any atom is -0.496 e. The number of hydrogen-bond donors (Lipinski definition) is 2. The summed E-state index contributed by atoms with van der Waals surface area (Å²) < 4.78 is 46.8. The zero-order chi connectivity index (χ0) is 19.3. The van der Waals surface area contributed by atoms with E-state index < -0.39 is 6.36 Å². The van der Waals surface area contributed by atoms with Gasteiger partial charge in [-0.25, -0.2) is 0 Å². The molecular weight excluding hydrogens is 357 g/mol. The molecule has 0 bridgehead atoms. The quantitative estimate of drug-likeness (QED) is 0.789. The van der Waals surface area contributed by atoms with Crippen LogP contribution < -0.4 is 20.1 Å². The molecule has 2 aromatic carbocycles. The maximum Gasteiger partial charge on any atom is 0.573 e. The fourth-order valence-electron chi connectivity index (χ4n) is 3.45. The standard InChI is InChI=1S/C20H23F3N2O2/c1-26-18-10-9-16(27-20(21,22)23)12-15(18)13-25-17-8-5-11-24-19(17)14-6-3-2-4-7-14/h2-4,6-7,9-10,12,17,19,24-25H,5,8,11,13H2,1H3. The van der Waals surface area contributed by atoms with Crippen molar-refractivity contribution < 1.29 is 22.6 Å². The highest BCUT2D eigenvalue weighted by atomic mass is 19.4. The third kappa shape index (κ3) is 5.37. The van der Waals surface area contributed by atoms with E-state index in [9.17, 15) is 13.2 Å². The second kappa shape index (κ2) is 8.63. The summed E-state index contributed by atoms with van der Waals surface area (Å²) in [5, 5.41) is 7.00. The minimum absolute atomic E-state index is 0.153. The first-order valence-corrected chi connectivity index (χ1v) is 8.90. The van der Waals surface area contributed by atoms with Crippen molar-refractivity contribution in [2.75, 3.05) is 13.7 Å². The second-order valence-corrected chi connectivity index (χ2v) is 6.49. The predicted octanol–water partition coefficient (Wildman–Crippen LogP) is 4.18. The monoisotopic (exact) mass is 380 g/mol. The Morgan fingerprint density at radius 1 is 1.15 bits per heavy atom. The van der Waals surface area contributed by atoms with Crippen LogP contribution in [0.3, 0.4) is 0 Å². The largest absolute Gasteiger partial charge is 0.573 e. The smallest absolute Gasteiger partial charge is 0.496 e. The van der Waals surface area contributed by atoms with Gasteiger partial charge in [-0.15, -0.1) is 13.2 Å². The lowest BCUT2D eigenvalue weighted by molar-refractivity contribution is -0.274. The fraction of sp³-hybridized carbons (Fsp3) is 0.400. The molecule has 2 unspecified atom stereocenters. The number of benzene rings is 2. The second-order valence-electron chi connectivity index (χ2n) is 6.49. The van der Waals surface area contributed by atoms with E-state index in [1.165, 1.54) is 30.9 Å². The number of methoxy groups -OCH3 is 1. The van der Waals surface area contributed by atoms with Crippen LogP contribution in [0.25, 0.3) is 0 Å². The summed E-state index contributed by atoms with van der Waals surface area (Å²) in [6.07, 6.45) is -2.70. The number of piperidine rings is 1.